The second-order valence-corrected chi connectivity index (χ2v) is 3.94. The molecule has 0 aliphatic heterocycles. The highest BCUT2D eigenvalue weighted by molar-refractivity contribution is 6.00. The number of benzene rings is 1. The van der Waals surface area contributed by atoms with Crippen LogP contribution in [0.15, 0.2) is 29.8 Å². The Labute approximate surface area is 118 Å². The van der Waals surface area contributed by atoms with Crippen molar-refractivity contribution in [2.45, 2.75) is 20.1 Å². The van der Waals surface area contributed by atoms with E-state index in [0.717, 1.165) is 11.1 Å². The zero-order chi connectivity index (χ0) is 15.0. The quantitative estimate of drug-likeness (QED) is 0.469. The van der Waals surface area contributed by atoms with Crippen molar-refractivity contribution in [3.8, 4) is 6.07 Å². The Morgan fingerprint density at radius 2 is 1.85 bits per heavy atom. The Morgan fingerprint density at radius 3 is 2.25 bits per heavy atom. The Bertz CT molecular complexity index is 509. The first-order valence-electron chi connectivity index (χ1n) is 6.37. The van der Waals surface area contributed by atoms with Gasteiger partial charge < -0.3 is 15.2 Å². The van der Waals surface area contributed by atoms with Crippen LogP contribution < -0.4 is 5.73 Å². The van der Waals surface area contributed by atoms with E-state index >= 15 is 0 Å². The zero-order valence-electron chi connectivity index (χ0n) is 11.6. The van der Waals surface area contributed by atoms with Crippen LogP contribution in [0, 0.1) is 11.3 Å². The fourth-order valence-electron chi connectivity index (χ4n) is 1.62. The molecule has 2 N–H and O–H groups in total. The summed E-state index contributed by atoms with van der Waals surface area (Å²) in [7, 11) is 0. The number of nitrogens with two attached hydrogens (primary N) is 1. The molecule has 5 heteroatoms. The molecule has 0 atom stereocenters. The first kappa shape index (κ1) is 15.9. The van der Waals surface area contributed by atoms with Crippen molar-refractivity contribution in [1.29, 1.82) is 5.26 Å². The molecule has 0 unspecified atom stereocenters. The van der Waals surface area contributed by atoms with Crippen LogP contribution in [0.25, 0.3) is 6.08 Å². The van der Waals surface area contributed by atoms with Crippen molar-refractivity contribution in [3.05, 3.63) is 41.0 Å². The average molecular weight is 274 g/mol. The van der Waals surface area contributed by atoms with E-state index in [0.29, 0.717) is 13.2 Å². The van der Waals surface area contributed by atoms with Crippen LogP contribution >= 0.6 is 0 Å². The van der Waals surface area contributed by atoms with Gasteiger partial charge in [-0.2, -0.15) is 5.26 Å². The molecular formula is C15H18N2O3. The Balaban J connectivity index is 2.93. The van der Waals surface area contributed by atoms with Gasteiger partial charge in [-0.1, -0.05) is 24.3 Å². The summed E-state index contributed by atoms with van der Waals surface area (Å²) in [6.07, 6.45) is 1.04. The summed E-state index contributed by atoms with van der Waals surface area (Å²) in [5, 5.41) is 8.78. The predicted octanol–water partition coefficient (Wildman–Crippen LogP) is 2.15. The minimum Gasteiger partial charge on any atom is -0.365 e. The van der Waals surface area contributed by atoms with Gasteiger partial charge in [-0.15, -0.1) is 0 Å². The lowest BCUT2D eigenvalue weighted by Gasteiger charge is -2.17. The summed E-state index contributed by atoms with van der Waals surface area (Å²) in [5.41, 5.74) is 6.60. The molecule has 20 heavy (non-hydrogen) atoms. The maximum absolute atomic E-state index is 11.0. The van der Waals surface area contributed by atoms with Gasteiger partial charge in [-0.25, -0.2) is 0 Å². The molecule has 1 aromatic carbocycles. The number of nitrogens with zero attached hydrogens (tertiary/aromatic N) is 1. The molecule has 1 aromatic rings. The van der Waals surface area contributed by atoms with Crippen LogP contribution in [-0.4, -0.2) is 19.1 Å². The highest BCUT2D eigenvalue weighted by atomic mass is 16.7. The van der Waals surface area contributed by atoms with Gasteiger partial charge in [-0.3, -0.25) is 4.79 Å². The molecule has 0 saturated heterocycles. The Morgan fingerprint density at radius 1 is 1.30 bits per heavy atom. The lowest BCUT2D eigenvalue weighted by atomic mass is 10.1. The largest absolute Gasteiger partial charge is 0.365 e. The summed E-state index contributed by atoms with van der Waals surface area (Å²) < 4.78 is 11.0. The summed E-state index contributed by atoms with van der Waals surface area (Å²) in [4.78, 5) is 11.0. The average Bonchev–Trinajstić information content (AvgIpc) is 2.45. The van der Waals surface area contributed by atoms with Gasteiger partial charge in [0.1, 0.15) is 11.6 Å². The van der Waals surface area contributed by atoms with Crippen LogP contribution in [0.5, 0.6) is 0 Å². The van der Waals surface area contributed by atoms with Crippen LogP contribution in [0.4, 0.5) is 0 Å². The van der Waals surface area contributed by atoms with Gasteiger partial charge in [0.25, 0.3) is 5.91 Å². The van der Waals surface area contributed by atoms with Gasteiger partial charge in [0, 0.05) is 18.8 Å². The van der Waals surface area contributed by atoms with Crippen LogP contribution in [0.2, 0.25) is 0 Å². The monoisotopic (exact) mass is 274 g/mol. The summed E-state index contributed by atoms with van der Waals surface area (Å²) in [6, 6.07) is 8.98. The maximum Gasteiger partial charge on any atom is 0.259 e. The third kappa shape index (κ3) is 4.50. The van der Waals surface area contributed by atoms with E-state index in [1.165, 1.54) is 6.08 Å². The lowest BCUT2D eigenvalue weighted by molar-refractivity contribution is -0.140. The van der Waals surface area contributed by atoms with Crippen molar-refractivity contribution >= 4 is 12.0 Å². The number of hydrogen-bond acceptors (Lipinski definition) is 4. The van der Waals surface area contributed by atoms with Crippen molar-refractivity contribution < 1.29 is 14.3 Å². The number of primary amides is 1. The standard InChI is InChI=1S/C15H18N2O3/c1-3-19-15(20-4-2)12-7-5-11(6-8-12)9-13(10-16)14(17)18/h5-9,15H,3-4H2,1-2H3,(H2,17,18)/b13-9-. The third-order valence-corrected chi connectivity index (χ3v) is 2.54. The molecule has 0 spiro atoms. The third-order valence-electron chi connectivity index (χ3n) is 2.54. The summed E-state index contributed by atoms with van der Waals surface area (Å²) in [5.74, 6) is -0.738. The van der Waals surface area contributed by atoms with E-state index in [1.807, 2.05) is 26.0 Å². The molecule has 0 aromatic heterocycles. The number of ether oxygens (including phenoxy) is 2. The van der Waals surface area contributed by atoms with Gasteiger partial charge in [0.2, 0.25) is 0 Å². The minimum absolute atomic E-state index is 0.0797. The number of carbonyl (C=O) groups is 1. The molecule has 0 saturated carbocycles. The zero-order valence-corrected chi connectivity index (χ0v) is 11.6. The number of hydrogen-bond donors (Lipinski definition) is 1. The van der Waals surface area contributed by atoms with Crippen molar-refractivity contribution in [1.82, 2.24) is 0 Å². The number of nitriles is 1. The summed E-state index contributed by atoms with van der Waals surface area (Å²) in [6.45, 7) is 4.89. The topological polar surface area (TPSA) is 85.3 Å². The molecule has 5 nitrogen and oxygen atoms in total. The van der Waals surface area contributed by atoms with E-state index in [1.54, 1.807) is 18.2 Å². The van der Waals surface area contributed by atoms with Gasteiger partial charge in [0.15, 0.2) is 6.29 Å². The van der Waals surface area contributed by atoms with Gasteiger partial charge in [-0.05, 0) is 25.5 Å². The van der Waals surface area contributed by atoms with E-state index < -0.39 is 12.2 Å². The van der Waals surface area contributed by atoms with Crippen molar-refractivity contribution in [2.24, 2.45) is 5.73 Å². The Kier molecular flexibility index (Phi) is 6.44. The second-order valence-electron chi connectivity index (χ2n) is 3.94. The number of amides is 1. The molecule has 0 aliphatic rings. The molecule has 0 aliphatic carbocycles. The van der Waals surface area contributed by atoms with E-state index in [2.05, 4.69) is 0 Å². The van der Waals surface area contributed by atoms with Gasteiger partial charge >= 0.3 is 0 Å². The van der Waals surface area contributed by atoms with E-state index in [-0.39, 0.29) is 5.57 Å². The first-order chi connectivity index (χ1) is 9.62. The second kappa shape index (κ2) is 8.10. The molecular weight excluding hydrogens is 256 g/mol. The fourth-order valence-corrected chi connectivity index (χ4v) is 1.62. The molecule has 1 rings (SSSR count). The number of carbonyl (C=O) groups excluding carboxylic acids is 1. The van der Waals surface area contributed by atoms with Crippen LogP contribution in [0.3, 0.4) is 0 Å². The predicted molar refractivity (Wildman–Crippen MR) is 75.2 cm³/mol. The smallest absolute Gasteiger partial charge is 0.259 e. The van der Waals surface area contributed by atoms with Crippen molar-refractivity contribution in [3.63, 3.8) is 0 Å². The van der Waals surface area contributed by atoms with Crippen LogP contribution in [-0.2, 0) is 14.3 Å². The van der Waals surface area contributed by atoms with Crippen LogP contribution in [0.1, 0.15) is 31.3 Å². The minimum atomic E-state index is -0.738. The van der Waals surface area contributed by atoms with E-state index in [9.17, 15) is 4.79 Å². The molecule has 0 bridgehead atoms. The van der Waals surface area contributed by atoms with E-state index in [4.69, 9.17) is 20.5 Å². The SMILES string of the molecule is CCOC(OCC)c1ccc(/C=C(/C#N)C(N)=O)cc1. The highest BCUT2D eigenvalue weighted by Crippen LogP contribution is 2.20. The molecule has 1 amide bonds. The van der Waals surface area contributed by atoms with Crippen molar-refractivity contribution in [2.75, 3.05) is 13.2 Å². The molecule has 0 fully saturated rings. The fraction of sp³-hybridized carbons (Fsp3) is 0.333. The number of rotatable bonds is 7. The maximum atomic E-state index is 11.0. The molecule has 0 radical (unpaired) electrons. The molecule has 106 valence electrons. The van der Waals surface area contributed by atoms with Gasteiger partial charge in [0.05, 0.1) is 0 Å². The lowest BCUT2D eigenvalue weighted by Crippen LogP contribution is -2.12. The normalized spacial score (nSPS) is 11.4. The summed E-state index contributed by atoms with van der Waals surface area (Å²) >= 11 is 0. The Hall–Kier alpha value is -2.16. The highest BCUT2D eigenvalue weighted by Gasteiger charge is 2.11. The molecule has 0 heterocycles. The first-order valence-corrected chi connectivity index (χ1v) is 6.37.